The van der Waals surface area contributed by atoms with Gasteiger partial charge in [0.15, 0.2) is 9.84 Å². The lowest BCUT2D eigenvalue weighted by Gasteiger charge is -2.38. The molecule has 0 atom stereocenters. The molecule has 4 heterocycles. The zero-order valence-electron chi connectivity index (χ0n) is 16.0. The number of fused-ring (bicyclic) bond motifs is 2. The fourth-order valence-electron chi connectivity index (χ4n) is 3.91. The highest BCUT2D eigenvalue weighted by molar-refractivity contribution is 7.91. The molecule has 1 saturated heterocycles. The second kappa shape index (κ2) is 6.82. The van der Waals surface area contributed by atoms with Crippen molar-refractivity contribution in [3.63, 3.8) is 0 Å². The average molecular weight is 417 g/mol. The topological polar surface area (TPSA) is 122 Å². The van der Waals surface area contributed by atoms with E-state index in [0.29, 0.717) is 43.7 Å². The first kappa shape index (κ1) is 18.6. The molecule has 10 heteroatoms. The number of ether oxygens (including phenoxy) is 1. The fourth-order valence-corrected chi connectivity index (χ4v) is 5.41. The molecule has 0 amide bonds. The normalized spacial score (nSPS) is 21.3. The van der Waals surface area contributed by atoms with Crippen molar-refractivity contribution < 1.29 is 13.2 Å². The summed E-state index contributed by atoms with van der Waals surface area (Å²) in [6.07, 6.45) is 0.837. The predicted molar refractivity (Wildman–Crippen MR) is 110 cm³/mol. The number of nitrogens with zero attached hydrogens (tertiary/aromatic N) is 3. The van der Waals surface area contributed by atoms with E-state index in [1.165, 1.54) is 0 Å². The first-order valence-corrected chi connectivity index (χ1v) is 11.4. The maximum atomic E-state index is 12.7. The molecular weight excluding hydrogens is 392 g/mol. The summed E-state index contributed by atoms with van der Waals surface area (Å²) in [6, 6.07) is 7.15. The van der Waals surface area contributed by atoms with Gasteiger partial charge < -0.3 is 26.0 Å². The molecule has 1 aromatic carbocycles. The van der Waals surface area contributed by atoms with Crippen molar-refractivity contribution in [3.8, 4) is 0 Å². The van der Waals surface area contributed by atoms with Gasteiger partial charge in [0.25, 0.3) is 0 Å². The van der Waals surface area contributed by atoms with Gasteiger partial charge in [0.1, 0.15) is 11.6 Å². The Morgan fingerprint density at radius 1 is 1.28 bits per heavy atom. The zero-order valence-corrected chi connectivity index (χ0v) is 16.8. The van der Waals surface area contributed by atoms with Gasteiger partial charge in [-0.2, -0.15) is 9.97 Å². The standard InChI is InChI=1S/C19H24N6O3S/c20-19(11-28-12-19)10-22-17-14-5-6-21-16(14)23-18(24-17)25-7-8-29(26,27)15-4-2-1-3-13(15)9-25/h1-4H,5-12,20H2,(H2,21,22,23,24). The molecule has 0 unspecified atom stereocenters. The van der Waals surface area contributed by atoms with Crippen molar-refractivity contribution >= 4 is 27.4 Å². The van der Waals surface area contributed by atoms with Gasteiger partial charge >= 0.3 is 0 Å². The predicted octanol–water partition coefficient (Wildman–Crippen LogP) is 0.378. The molecule has 4 N–H and O–H groups in total. The monoisotopic (exact) mass is 416 g/mol. The van der Waals surface area contributed by atoms with Crippen LogP contribution in [-0.2, 0) is 27.5 Å². The summed E-state index contributed by atoms with van der Waals surface area (Å²) in [6.45, 7) is 3.20. The minimum atomic E-state index is -3.33. The highest BCUT2D eigenvalue weighted by atomic mass is 32.2. The molecule has 2 aromatic rings. The average Bonchev–Trinajstić information content (AvgIpc) is 3.11. The molecule has 9 nitrogen and oxygen atoms in total. The van der Waals surface area contributed by atoms with Gasteiger partial charge in [-0.15, -0.1) is 0 Å². The Morgan fingerprint density at radius 2 is 2.10 bits per heavy atom. The first-order chi connectivity index (χ1) is 13.9. The number of benzene rings is 1. The van der Waals surface area contributed by atoms with E-state index in [1.54, 1.807) is 12.1 Å². The molecule has 5 rings (SSSR count). The second-order valence-electron chi connectivity index (χ2n) is 7.93. The molecule has 0 bridgehead atoms. The van der Waals surface area contributed by atoms with Crippen LogP contribution in [-0.4, -0.2) is 62.5 Å². The van der Waals surface area contributed by atoms with Crippen LogP contribution in [0.4, 0.5) is 17.6 Å². The fraction of sp³-hybridized carbons (Fsp3) is 0.474. The summed E-state index contributed by atoms with van der Waals surface area (Å²) in [4.78, 5) is 11.8. The number of nitrogens with one attached hydrogen (secondary N) is 2. The molecule has 3 aliphatic rings. The van der Waals surface area contributed by atoms with Crippen LogP contribution >= 0.6 is 0 Å². The summed E-state index contributed by atoms with van der Waals surface area (Å²) in [5.41, 5.74) is 7.69. The van der Waals surface area contributed by atoms with Crippen LogP contribution in [0.5, 0.6) is 0 Å². The van der Waals surface area contributed by atoms with Gasteiger partial charge in [0, 0.05) is 31.7 Å². The maximum Gasteiger partial charge on any atom is 0.229 e. The van der Waals surface area contributed by atoms with Gasteiger partial charge in [-0.05, 0) is 18.1 Å². The lowest BCUT2D eigenvalue weighted by Crippen LogP contribution is -2.61. The SMILES string of the molecule is NC1(CNc2nc(N3CCS(=O)(=O)c4ccccc4C3)nc3c2CCN3)COC1. The lowest BCUT2D eigenvalue weighted by molar-refractivity contribution is -0.0462. The smallest absolute Gasteiger partial charge is 0.229 e. The molecule has 0 spiro atoms. The molecule has 29 heavy (non-hydrogen) atoms. The third-order valence-corrected chi connectivity index (χ3v) is 7.42. The highest BCUT2D eigenvalue weighted by Crippen LogP contribution is 2.31. The van der Waals surface area contributed by atoms with Gasteiger partial charge in [-0.3, -0.25) is 0 Å². The van der Waals surface area contributed by atoms with E-state index in [0.717, 1.165) is 35.7 Å². The van der Waals surface area contributed by atoms with Crippen LogP contribution in [0.1, 0.15) is 11.1 Å². The van der Waals surface area contributed by atoms with E-state index in [9.17, 15) is 8.42 Å². The third kappa shape index (κ3) is 3.41. The Morgan fingerprint density at radius 3 is 2.90 bits per heavy atom. The number of hydrogen-bond donors (Lipinski definition) is 3. The molecule has 0 aliphatic carbocycles. The lowest BCUT2D eigenvalue weighted by atomic mass is 9.99. The third-order valence-electron chi connectivity index (χ3n) is 5.63. The van der Waals surface area contributed by atoms with Crippen LogP contribution in [0.15, 0.2) is 29.2 Å². The molecule has 1 aromatic heterocycles. The van der Waals surface area contributed by atoms with Crippen LogP contribution in [0, 0.1) is 0 Å². The van der Waals surface area contributed by atoms with Gasteiger partial charge in [-0.1, -0.05) is 18.2 Å². The number of aromatic nitrogens is 2. The van der Waals surface area contributed by atoms with Crippen molar-refractivity contribution in [1.29, 1.82) is 0 Å². The van der Waals surface area contributed by atoms with Crippen LogP contribution in [0.25, 0.3) is 0 Å². The molecule has 1 fully saturated rings. The van der Waals surface area contributed by atoms with Crippen LogP contribution < -0.4 is 21.3 Å². The number of rotatable bonds is 4. The Kier molecular flexibility index (Phi) is 4.37. The second-order valence-corrected chi connectivity index (χ2v) is 10.0. The Hall–Kier alpha value is -2.43. The largest absolute Gasteiger partial charge is 0.377 e. The molecule has 154 valence electrons. The summed E-state index contributed by atoms with van der Waals surface area (Å²) < 4.78 is 30.5. The number of anilines is 3. The van der Waals surface area contributed by atoms with E-state index in [-0.39, 0.29) is 11.3 Å². The van der Waals surface area contributed by atoms with Gasteiger partial charge in [-0.25, -0.2) is 8.42 Å². The van der Waals surface area contributed by atoms with E-state index >= 15 is 0 Å². The van der Waals surface area contributed by atoms with Crippen molar-refractivity contribution in [3.05, 3.63) is 35.4 Å². The quantitative estimate of drug-likeness (QED) is 0.649. The maximum absolute atomic E-state index is 12.7. The van der Waals surface area contributed by atoms with Crippen LogP contribution in [0.3, 0.4) is 0 Å². The minimum absolute atomic E-state index is 0.0316. The Bertz CT molecular complexity index is 1050. The molecule has 3 aliphatic heterocycles. The van der Waals surface area contributed by atoms with Crippen molar-refractivity contribution in [2.45, 2.75) is 23.4 Å². The molecular formula is C19H24N6O3S. The van der Waals surface area contributed by atoms with E-state index in [2.05, 4.69) is 10.6 Å². The minimum Gasteiger partial charge on any atom is -0.377 e. The van der Waals surface area contributed by atoms with E-state index < -0.39 is 9.84 Å². The molecule has 0 saturated carbocycles. The Balaban J connectivity index is 1.47. The summed E-state index contributed by atoms with van der Waals surface area (Å²) in [7, 11) is -3.33. The number of nitrogens with two attached hydrogens (primary N) is 1. The van der Waals surface area contributed by atoms with E-state index in [1.807, 2.05) is 17.0 Å². The van der Waals surface area contributed by atoms with E-state index in [4.69, 9.17) is 20.4 Å². The van der Waals surface area contributed by atoms with Gasteiger partial charge in [0.2, 0.25) is 5.95 Å². The molecule has 0 radical (unpaired) electrons. The Labute approximate surface area is 169 Å². The number of hydrogen-bond acceptors (Lipinski definition) is 9. The number of sulfone groups is 1. The first-order valence-electron chi connectivity index (χ1n) is 9.74. The van der Waals surface area contributed by atoms with Crippen molar-refractivity contribution in [2.75, 3.05) is 54.1 Å². The summed E-state index contributed by atoms with van der Waals surface area (Å²) in [5, 5.41) is 6.68. The highest BCUT2D eigenvalue weighted by Gasteiger charge is 2.35. The van der Waals surface area contributed by atoms with Gasteiger partial charge in [0.05, 0.1) is 29.4 Å². The summed E-state index contributed by atoms with van der Waals surface area (Å²) >= 11 is 0. The summed E-state index contributed by atoms with van der Waals surface area (Å²) in [5.74, 6) is 2.11. The van der Waals surface area contributed by atoms with Crippen molar-refractivity contribution in [2.24, 2.45) is 5.73 Å². The van der Waals surface area contributed by atoms with Crippen LogP contribution in [0.2, 0.25) is 0 Å². The zero-order chi connectivity index (χ0) is 20.1. The van der Waals surface area contributed by atoms with Crippen molar-refractivity contribution in [1.82, 2.24) is 9.97 Å².